The van der Waals surface area contributed by atoms with Crippen LogP contribution in [0.5, 0.6) is 0 Å². The maximum absolute atomic E-state index is 11.4. The SMILES string of the molecule is CC(=O)c1cccc(-c2cc(C)ccc2S(=O)(=O)O)c1. The lowest BCUT2D eigenvalue weighted by atomic mass is 10.0. The lowest BCUT2D eigenvalue weighted by Crippen LogP contribution is -2.01. The van der Waals surface area contributed by atoms with Crippen molar-refractivity contribution in [1.29, 1.82) is 0 Å². The standard InChI is InChI=1S/C15H14O4S/c1-10-6-7-15(20(17,18)19)14(8-10)13-5-3-4-12(9-13)11(2)16/h3-9H,1-2H3,(H,17,18,19). The van der Waals surface area contributed by atoms with Crippen LogP contribution < -0.4 is 0 Å². The van der Waals surface area contributed by atoms with Crippen LogP contribution in [0.1, 0.15) is 22.8 Å². The number of hydrogen-bond acceptors (Lipinski definition) is 3. The molecule has 0 fully saturated rings. The van der Waals surface area contributed by atoms with Crippen molar-refractivity contribution in [1.82, 2.24) is 0 Å². The summed E-state index contributed by atoms with van der Waals surface area (Å²) >= 11 is 0. The number of Topliss-reactive ketones (excluding diaryl/α,β-unsaturated/α-hetero) is 1. The average molecular weight is 290 g/mol. The van der Waals surface area contributed by atoms with E-state index in [1.54, 1.807) is 36.4 Å². The second kappa shape index (κ2) is 5.19. The van der Waals surface area contributed by atoms with E-state index in [9.17, 15) is 17.8 Å². The molecule has 0 unspecified atom stereocenters. The second-order valence-electron chi connectivity index (χ2n) is 4.61. The maximum atomic E-state index is 11.4. The first-order chi connectivity index (χ1) is 9.29. The lowest BCUT2D eigenvalue weighted by molar-refractivity contribution is 0.101. The molecule has 0 aliphatic carbocycles. The average Bonchev–Trinajstić information content (AvgIpc) is 2.37. The Hall–Kier alpha value is -1.98. The molecule has 0 atom stereocenters. The predicted molar refractivity (Wildman–Crippen MR) is 76.4 cm³/mol. The smallest absolute Gasteiger partial charge is 0.295 e. The molecule has 0 spiro atoms. The van der Waals surface area contributed by atoms with Crippen LogP contribution in [0, 0.1) is 6.92 Å². The summed E-state index contributed by atoms with van der Waals surface area (Å²) in [6, 6.07) is 11.3. The minimum atomic E-state index is -4.32. The third kappa shape index (κ3) is 2.95. The maximum Gasteiger partial charge on any atom is 0.295 e. The molecule has 0 saturated heterocycles. The van der Waals surface area contributed by atoms with E-state index >= 15 is 0 Å². The second-order valence-corrected chi connectivity index (χ2v) is 6.00. The van der Waals surface area contributed by atoms with Gasteiger partial charge < -0.3 is 0 Å². The summed E-state index contributed by atoms with van der Waals surface area (Å²) in [6.07, 6.45) is 0. The van der Waals surface area contributed by atoms with E-state index in [-0.39, 0.29) is 10.7 Å². The highest BCUT2D eigenvalue weighted by atomic mass is 32.2. The van der Waals surface area contributed by atoms with Gasteiger partial charge in [-0.2, -0.15) is 8.42 Å². The van der Waals surface area contributed by atoms with Crippen molar-refractivity contribution in [3.63, 3.8) is 0 Å². The highest BCUT2D eigenvalue weighted by molar-refractivity contribution is 7.86. The molecule has 0 bridgehead atoms. The monoisotopic (exact) mass is 290 g/mol. The number of carbonyl (C=O) groups excluding carboxylic acids is 1. The molecule has 2 aromatic rings. The van der Waals surface area contributed by atoms with Crippen LogP contribution in [-0.2, 0) is 10.1 Å². The van der Waals surface area contributed by atoms with E-state index in [0.717, 1.165) is 5.56 Å². The van der Waals surface area contributed by atoms with Crippen molar-refractivity contribution in [3.05, 3.63) is 53.6 Å². The van der Waals surface area contributed by atoms with Crippen molar-refractivity contribution in [2.75, 3.05) is 0 Å². The summed E-state index contributed by atoms with van der Waals surface area (Å²) < 4.78 is 32.2. The van der Waals surface area contributed by atoms with Crippen LogP contribution in [0.2, 0.25) is 0 Å². The Balaban J connectivity index is 2.72. The van der Waals surface area contributed by atoms with Gasteiger partial charge >= 0.3 is 0 Å². The molecule has 0 aromatic heterocycles. The van der Waals surface area contributed by atoms with Crippen molar-refractivity contribution in [2.45, 2.75) is 18.7 Å². The molecule has 0 radical (unpaired) electrons. The Labute approximate surface area is 117 Å². The minimum Gasteiger partial charge on any atom is -0.295 e. The van der Waals surface area contributed by atoms with Gasteiger partial charge in [-0.3, -0.25) is 9.35 Å². The molecule has 5 heteroatoms. The van der Waals surface area contributed by atoms with Gasteiger partial charge in [0.05, 0.1) is 0 Å². The zero-order valence-corrected chi connectivity index (χ0v) is 11.9. The first-order valence-electron chi connectivity index (χ1n) is 5.98. The number of ketones is 1. The molecule has 0 aliphatic rings. The van der Waals surface area contributed by atoms with Gasteiger partial charge in [-0.05, 0) is 31.5 Å². The van der Waals surface area contributed by atoms with Gasteiger partial charge in [0.25, 0.3) is 10.1 Å². The highest BCUT2D eigenvalue weighted by Gasteiger charge is 2.17. The summed E-state index contributed by atoms with van der Waals surface area (Å²) in [5.41, 5.74) is 2.32. The van der Waals surface area contributed by atoms with E-state index in [2.05, 4.69) is 0 Å². The third-order valence-corrected chi connectivity index (χ3v) is 3.90. The Morgan fingerprint density at radius 3 is 2.40 bits per heavy atom. The van der Waals surface area contributed by atoms with Gasteiger partial charge in [-0.25, -0.2) is 0 Å². The normalized spacial score (nSPS) is 11.3. The van der Waals surface area contributed by atoms with Gasteiger partial charge in [0.2, 0.25) is 0 Å². The van der Waals surface area contributed by atoms with Gasteiger partial charge in [0, 0.05) is 11.1 Å². The number of aryl methyl sites for hydroxylation is 1. The first kappa shape index (κ1) is 14.4. The third-order valence-electron chi connectivity index (χ3n) is 2.99. The number of rotatable bonds is 3. The van der Waals surface area contributed by atoms with Gasteiger partial charge in [0.15, 0.2) is 5.78 Å². The summed E-state index contributed by atoms with van der Waals surface area (Å²) in [6.45, 7) is 3.27. The van der Waals surface area contributed by atoms with E-state index in [1.165, 1.54) is 13.0 Å². The molecule has 2 rings (SSSR count). The topological polar surface area (TPSA) is 71.4 Å². The molecule has 104 valence electrons. The number of hydrogen-bond donors (Lipinski definition) is 1. The van der Waals surface area contributed by atoms with Crippen molar-refractivity contribution in [2.24, 2.45) is 0 Å². The Morgan fingerprint density at radius 1 is 1.10 bits per heavy atom. The fourth-order valence-electron chi connectivity index (χ4n) is 2.00. The zero-order chi connectivity index (χ0) is 14.9. The van der Waals surface area contributed by atoms with E-state index in [0.29, 0.717) is 16.7 Å². The Kier molecular flexibility index (Phi) is 3.74. The van der Waals surface area contributed by atoms with Crippen molar-refractivity contribution >= 4 is 15.9 Å². The van der Waals surface area contributed by atoms with E-state index < -0.39 is 10.1 Å². The van der Waals surface area contributed by atoms with Crippen LogP contribution >= 0.6 is 0 Å². The summed E-state index contributed by atoms with van der Waals surface area (Å²) in [7, 11) is -4.32. The van der Waals surface area contributed by atoms with Gasteiger partial charge in [0.1, 0.15) is 4.90 Å². The molecule has 20 heavy (non-hydrogen) atoms. The molecular weight excluding hydrogens is 276 g/mol. The van der Waals surface area contributed by atoms with Crippen molar-refractivity contribution in [3.8, 4) is 11.1 Å². The minimum absolute atomic E-state index is 0.104. The van der Waals surface area contributed by atoms with E-state index in [4.69, 9.17) is 0 Å². The van der Waals surface area contributed by atoms with E-state index in [1.807, 2.05) is 6.92 Å². The summed E-state index contributed by atoms with van der Waals surface area (Å²) in [4.78, 5) is 11.2. The first-order valence-corrected chi connectivity index (χ1v) is 7.42. The van der Waals surface area contributed by atoms with Crippen LogP contribution in [0.3, 0.4) is 0 Å². The molecule has 0 heterocycles. The van der Waals surface area contributed by atoms with Crippen LogP contribution in [0.25, 0.3) is 11.1 Å². The predicted octanol–water partition coefficient (Wildman–Crippen LogP) is 3.11. The van der Waals surface area contributed by atoms with Crippen molar-refractivity contribution < 1.29 is 17.8 Å². The lowest BCUT2D eigenvalue weighted by Gasteiger charge is -2.09. The largest absolute Gasteiger partial charge is 0.295 e. The fraction of sp³-hybridized carbons (Fsp3) is 0.133. The van der Waals surface area contributed by atoms with Crippen LogP contribution in [0.4, 0.5) is 0 Å². The Bertz CT molecular complexity index is 776. The molecular formula is C15H14O4S. The number of benzene rings is 2. The molecule has 2 aromatic carbocycles. The molecule has 0 saturated carbocycles. The van der Waals surface area contributed by atoms with Gasteiger partial charge in [-0.15, -0.1) is 0 Å². The summed E-state index contributed by atoms with van der Waals surface area (Å²) in [5, 5.41) is 0. The van der Waals surface area contributed by atoms with Gasteiger partial charge in [-0.1, -0.05) is 35.9 Å². The quantitative estimate of drug-likeness (QED) is 0.696. The fourth-order valence-corrected chi connectivity index (χ4v) is 2.69. The number of carbonyl (C=O) groups is 1. The molecule has 0 aliphatic heterocycles. The molecule has 4 nitrogen and oxygen atoms in total. The zero-order valence-electron chi connectivity index (χ0n) is 11.1. The summed E-state index contributed by atoms with van der Waals surface area (Å²) in [5.74, 6) is -0.104. The van der Waals surface area contributed by atoms with Crippen LogP contribution in [0.15, 0.2) is 47.4 Å². The molecule has 1 N–H and O–H groups in total. The Morgan fingerprint density at radius 2 is 1.80 bits per heavy atom. The van der Waals surface area contributed by atoms with Crippen LogP contribution in [-0.4, -0.2) is 18.8 Å². The molecule has 0 amide bonds. The highest BCUT2D eigenvalue weighted by Crippen LogP contribution is 2.29.